The summed E-state index contributed by atoms with van der Waals surface area (Å²) < 4.78 is 5.71. The normalized spacial score (nSPS) is 12.5. The minimum Gasteiger partial charge on any atom is -0.396 e. The van der Waals surface area contributed by atoms with E-state index in [1.54, 1.807) is 19.5 Å². The molecule has 1 aromatic rings. The molecule has 4 N–H and O–H groups in total. The van der Waals surface area contributed by atoms with Crippen molar-refractivity contribution in [1.82, 2.24) is 4.98 Å². The third-order valence-electron chi connectivity index (χ3n) is 1.87. The fraction of sp³-hybridized carbons (Fsp3) is 0.444. The summed E-state index contributed by atoms with van der Waals surface area (Å²) in [5.41, 5.74) is 6.99. The Balaban J connectivity index is 2.78. The van der Waals surface area contributed by atoms with Crippen LogP contribution in [0.2, 0.25) is 0 Å². The van der Waals surface area contributed by atoms with Gasteiger partial charge in [-0.2, -0.15) is 0 Å². The minimum atomic E-state index is -0.184. The number of anilines is 2. The Bertz CT molecular complexity index is 302. The van der Waals surface area contributed by atoms with Gasteiger partial charge in [-0.1, -0.05) is 0 Å². The van der Waals surface area contributed by atoms with Gasteiger partial charge >= 0.3 is 0 Å². The third kappa shape index (κ3) is 3.33. The van der Waals surface area contributed by atoms with Crippen molar-refractivity contribution in [2.24, 2.45) is 0 Å². The van der Waals surface area contributed by atoms with Crippen molar-refractivity contribution >= 4 is 27.3 Å². The van der Waals surface area contributed by atoms with Crippen molar-refractivity contribution in [3.05, 3.63) is 16.9 Å². The van der Waals surface area contributed by atoms with Crippen LogP contribution >= 0.6 is 15.9 Å². The molecule has 0 aliphatic carbocycles. The van der Waals surface area contributed by atoms with Crippen LogP contribution in [0.3, 0.4) is 0 Å². The lowest BCUT2D eigenvalue weighted by molar-refractivity contribution is 0.153. The topological polar surface area (TPSA) is 80.4 Å². The van der Waals surface area contributed by atoms with Gasteiger partial charge in [0.25, 0.3) is 0 Å². The average molecular weight is 276 g/mol. The van der Waals surface area contributed by atoms with Gasteiger partial charge in [0.05, 0.1) is 41.3 Å². The number of ether oxygens (including phenoxy) is 1. The first-order chi connectivity index (χ1) is 7.19. The number of halogens is 1. The standard InChI is InChI=1S/C9H14BrN3O2/c1-15-5-6(4-14)13-9-7(10)2-12-3-8(9)11/h2-3,6,14H,4-5,11H2,1H3,(H,12,13). The molecule has 0 saturated heterocycles. The summed E-state index contributed by atoms with van der Waals surface area (Å²) in [7, 11) is 1.58. The van der Waals surface area contributed by atoms with Gasteiger partial charge < -0.3 is 20.9 Å². The zero-order chi connectivity index (χ0) is 11.3. The monoisotopic (exact) mass is 275 g/mol. The van der Waals surface area contributed by atoms with Crippen molar-refractivity contribution in [3.8, 4) is 0 Å². The van der Waals surface area contributed by atoms with E-state index in [1.165, 1.54) is 0 Å². The molecule has 1 heterocycles. The number of aliphatic hydroxyl groups excluding tert-OH is 1. The highest BCUT2D eigenvalue weighted by Gasteiger charge is 2.11. The molecule has 0 aliphatic heterocycles. The molecular formula is C9H14BrN3O2. The maximum atomic E-state index is 9.09. The van der Waals surface area contributed by atoms with Gasteiger partial charge in [-0.3, -0.25) is 4.98 Å². The van der Waals surface area contributed by atoms with Crippen LogP contribution in [0.4, 0.5) is 11.4 Å². The molecule has 0 saturated carbocycles. The van der Waals surface area contributed by atoms with Crippen molar-refractivity contribution < 1.29 is 9.84 Å². The van der Waals surface area contributed by atoms with E-state index >= 15 is 0 Å². The second-order valence-corrected chi connectivity index (χ2v) is 3.92. The molecule has 84 valence electrons. The summed E-state index contributed by atoms with van der Waals surface area (Å²) >= 11 is 3.33. The van der Waals surface area contributed by atoms with Crippen molar-refractivity contribution in [2.75, 3.05) is 31.4 Å². The Morgan fingerprint density at radius 2 is 2.40 bits per heavy atom. The summed E-state index contributed by atoms with van der Waals surface area (Å²) in [6.45, 7) is 0.382. The Hall–Kier alpha value is -0.850. The fourth-order valence-corrected chi connectivity index (χ4v) is 1.61. The number of methoxy groups -OCH3 is 1. The summed E-state index contributed by atoms with van der Waals surface area (Å²) in [5.74, 6) is 0. The van der Waals surface area contributed by atoms with Crippen LogP contribution < -0.4 is 11.1 Å². The van der Waals surface area contributed by atoms with E-state index in [2.05, 4.69) is 26.2 Å². The van der Waals surface area contributed by atoms with E-state index in [0.717, 1.165) is 10.2 Å². The van der Waals surface area contributed by atoms with Crippen LogP contribution in [-0.4, -0.2) is 36.5 Å². The van der Waals surface area contributed by atoms with E-state index in [4.69, 9.17) is 15.6 Å². The average Bonchev–Trinajstić information content (AvgIpc) is 2.22. The molecule has 1 rings (SSSR count). The molecule has 6 heteroatoms. The van der Waals surface area contributed by atoms with Gasteiger partial charge in [-0.15, -0.1) is 0 Å². The van der Waals surface area contributed by atoms with Gasteiger partial charge in [0.2, 0.25) is 0 Å². The zero-order valence-electron chi connectivity index (χ0n) is 8.40. The number of nitrogens with zero attached hydrogens (tertiary/aromatic N) is 1. The smallest absolute Gasteiger partial charge is 0.0753 e. The SMILES string of the molecule is COCC(CO)Nc1c(N)cncc1Br. The van der Waals surface area contributed by atoms with Crippen LogP contribution in [0.1, 0.15) is 0 Å². The first-order valence-electron chi connectivity index (χ1n) is 4.44. The Kier molecular flexibility index (Phi) is 4.80. The molecule has 1 atom stereocenters. The largest absolute Gasteiger partial charge is 0.396 e. The van der Waals surface area contributed by atoms with E-state index in [1.807, 2.05) is 0 Å². The number of hydrogen-bond acceptors (Lipinski definition) is 5. The predicted molar refractivity (Wildman–Crippen MR) is 62.7 cm³/mol. The number of hydrogen-bond donors (Lipinski definition) is 3. The van der Waals surface area contributed by atoms with Gasteiger partial charge in [-0.25, -0.2) is 0 Å². The Morgan fingerprint density at radius 1 is 1.67 bits per heavy atom. The van der Waals surface area contributed by atoms with Crippen LogP contribution in [0, 0.1) is 0 Å². The molecule has 0 aliphatic rings. The zero-order valence-corrected chi connectivity index (χ0v) is 9.99. The van der Waals surface area contributed by atoms with Crippen LogP contribution in [0.25, 0.3) is 0 Å². The summed E-state index contributed by atoms with van der Waals surface area (Å²) in [4.78, 5) is 3.92. The maximum Gasteiger partial charge on any atom is 0.0753 e. The maximum absolute atomic E-state index is 9.09. The van der Waals surface area contributed by atoms with Gasteiger partial charge in [0.1, 0.15) is 0 Å². The molecule has 1 aromatic heterocycles. The molecule has 0 bridgehead atoms. The van der Waals surface area contributed by atoms with E-state index < -0.39 is 0 Å². The Morgan fingerprint density at radius 3 is 2.93 bits per heavy atom. The highest BCUT2D eigenvalue weighted by atomic mass is 79.9. The van der Waals surface area contributed by atoms with Gasteiger partial charge in [-0.05, 0) is 15.9 Å². The van der Waals surface area contributed by atoms with E-state index in [-0.39, 0.29) is 12.6 Å². The second-order valence-electron chi connectivity index (χ2n) is 3.06. The molecular weight excluding hydrogens is 262 g/mol. The van der Waals surface area contributed by atoms with Crippen molar-refractivity contribution in [2.45, 2.75) is 6.04 Å². The molecule has 0 fully saturated rings. The van der Waals surface area contributed by atoms with Crippen LogP contribution in [0.5, 0.6) is 0 Å². The predicted octanol–water partition coefficient (Wildman–Crippen LogP) is 0.845. The number of aromatic nitrogens is 1. The highest BCUT2D eigenvalue weighted by Crippen LogP contribution is 2.27. The Labute approximate surface area is 96.8 Å². The molecule has 15 heavy (non-hydrogen) atoms. The molecule has 0 spiro atoms. The first-order valence-corrected chi connectivity index (χ1v) is 5.23. The number of nitrogens with one attached hydrogen (secondary N) is 1. The van der Waals surface area contributed by atoms with Crippen molar-refractivity contribution in [3.63, 3.8) is 0 Å². The number of aliphatic hydroxyl groups is 1. The van der Waals surface area contributed by atoms with Crippen LogP contribution in [-0.2, 0) is 4.74 Å². The molecule has 0 aromatic carbocycles. The van der Waals surface area contributed by atoms with Gasteiger partial charge in [0, 0.05) is 13.3 Å². The summed E-state index contributed by atoms with van der Waals surface area (Å²) in [5, 5.41) is 12.2. The molecule has 5 nitrogen and oxygen atoms in total. The van der Waals surface area contributed by atoms with Crippen molar-refractivity contribution in [1.29, 1.82) is 0 Å². The van der Waals surface area contributed by atoms with Crippen LogP contribution in [0.15, 0.2) is 16.9 Å². The number of nitrogens with two attached hydrogens (primary N) is 1. The molecule has 1 unspecified atom stereocenters. The number of pyridine rings is 1. The lowest BCUT2D eigenvalue weighted by Crippen LogP contribution is -2.29. The quantitative estimate of drug-likeness (QED) is 0.742. The molecule has 0 radical (unpaired) electrons. The lowest BCUT2D eigenvalue weighted by atomic mass is 10.3. The minimum absolute atomic E-state index is 0.0258. The number of nitrogen functional groups attached to an aromatic ring is 1. The first kappa shape index (κ1) is 12.2. The number of rotatable bonds is 5. The summed E-state index contributed by atoms with van der Waals surface area (Å²) in [6, 6.07) is -0.184. The fourth-order valence-electron chi connectivity index (χ4n) is 1.15. The summed E-state index contributed by atoms with van der Waals surface area (Å²) in [6.07, 6.45) is 3.19. The second kappa shape index (κ2) is 5.89. The third-order valence-corrected chi connectivity index (χ3v) is 2.47. The lowest BCUT2D eigenvalue weighted by Gasteiger charge is -2.18. The highest BCUT2D eigenvalue weighted by molar-refractivity contribution is 9.10. The van der Waals surface area contributed by atoms with E-state index in [9.17, 15) is 0 Å². The molecule has 0 amide bonds. The van der Waals surface area contributed by atoms with E-state index in [0.29, 0.717) is 12.3 Å². The van der Waals surface area contributed by atoms with Gasteiger partial charge in [0.15, 0.2) is 0 Å².